The molecule has 0 aliphatic rings. The van der Waals surface area contributed by atoms with Crippen LogP contribution >= 0.6 is 0 Å². The molecule has 11 nitrogen and oxygen atoms in total. The van der Waals surface area contributed by atoms with E-state index in [0.29, 0.717) is 22.9 Å². The Balaban J connectivity index is 1.75. The summed E-state index contributed by atoms with van der Waals surface area (Å²) >= 11 is 0. The number of hydrogen-bond donors (Lipinski definition) is 1. The van der Waals surface area contributed by atoms with Crippen molar-refractivity contribution in [2.75, 3.05) is 19.5 Å². The van der Waals surface area contributed by atoms with Gasteiger partial charge in [-0.25, -0.2) is 12.8 Å². The van der Waals surface area contributed by atoms with Gasteiger partial charge in [0.15, 0.2) is 21.4 Å². The highest BCUT2D eigenvalue weighted by Gasteiger charge is 2.30. The van der Waals surface area contributed by atoms with Gasteiger partial charge >= 0.3 is 0 Å². The van der Waals surface area contributed by atoms with E-state index in [-0.39, 0.29) is 29.5 Å². The van der Waals surface area contributed by atoms with Crippen LogP contribution in [-0.2, 0) is 26.8 Å². The summed E-state index contributed by atoms with van der Waals surface area (Å²) in [6.07, 6.45) is 2.37. The van der Waals surface area contributed by atoms with Crippen LogP contribution in [0.3, 0.4) is 0 Å². The highest BCUT2D eigenvalue weighted by Crippen LogP contribution is 2.37. The standard InChI is InChI=1S/C25H26FN5O6S/c1-15(11-18-19(28-16(2)32)12-17(26)13-27-18)38(33,34)14-23-29-30-25(22-9-6-10-37-22)31(23)24-20(35-3)7-5-8-21(24)36-4/h5-10,12-13,15H,11,14H2,1-4H3,(H,28,32)/t15-/m0/s1. The summed E-state index contributed by atoms with van der Waals surface area (Å²) in [5.74, 6) is -0.0737. The van der Waals surface area contributed by atoms with Gasteiger partial charge in [0.1, 0.15) is 28.8 Å². The van der Waals surface area contributed by atoms with Crippen molar-refractivity contribution in [3.63, 3.8) is 0 Å². The van der Waals surface area contributed by atoms with Gasteiger partial charge in [-0.15, -0.1) is 10.2 Å². The molecule has 0 bridgehead atoms. The smallest absolute Gasteiger partial charge is 0.221 e. The van der Waals surface area contributed by atoms with Crippen molar-refractivity contribution in [2.24, 2.45) is 0 Å². The lowest BCUT2D eigenvalue weighted by molar-refractivity contribution is -0.114. The first-order valence-corrected chi connectivity index (χ1v) is 13.2. The minimum atomic E-state index is -3.87. The molecule has 0 aliphatic carbocycles. The molecule has 0 fully saturated rings. The van der Waals surface area contributed by atoms with Crippen molar-refractivity contribution < 1.29 is 31.5 Å². The quantitative estimate of drug-likeness (QED) is 0.318. The molecule has 0 aliphatic heterocycles. The van der Waals surface area contributed by atoms with Crippen LogP contribution in [0.15, 0.2) is 53.3 Å². The highest BCUT2D eigenvalue weighted by molar-refractivity contribution is 7.91. The summed E-state index contributed by atoms with van der Waals surface area (Å²) in [6, 6.07) is 9.59. The summed E-state index contributed by atoms with van der Waals surface area (Å²) in [5, 5.41) is 9.92. The van der Waals surface area contributed by atoms with Crippen molar-refractivity contribution in [3.05, 3.63) is 66.2 Å². The van der Waals surface area contributed by atoms with Gasteiger partial charge in [0, 0.05) is 19.4 Å². The maximum Gasteiger partial charge on any atom is 0.221 e. The Morgan fingerprint density at radius 1 is 1.16 bits per heavy atom. The largest absolute Gasteiger partial charge is 0.494 e. The van der Waals surface area contributed by atoms with E-state index >= 15 is 0 Å². The molecule has 0 unspecified atom stereocenters. The molecule has 4 rings (SSSR count). The summed E-state index contributed by atoms with van der Waals surface area (Å²) < 4.78 is 58.9. The average molecular weight is 544 g/mol. The maximum absolute atomic E-state index is 13.7. The number of nitrogens with one attached hydrogen (secondary N) is 1. The van der Waals surface area contributed by atoms with Gasteiger partial charge in [0.2, 0.25) is 11.7 Å². The number of aromatic nitrogens is 4. The van der Waals surface area contributed by atoms with Crippen LogP contribution in [0.4, 0.5) is 10.1 Å². The predicted molar refractivity (Wildman–Crippen MR) is 136 cm³/mol. The first-order chi connectivity index (χ1) is 18.1. The molecule has 0 saturated heterocycles. The minimum absolute atomic E-state index is 0.0740. The predicted octanol–water partition coefficient (Wildman–Crippen LogP) is 3.58. The number of carbonyl (C=O) groups is 1. The summed E-state index contributed by atoms with van der Waals surface area (Å²) in [4.78, 5) is 15.6. The van der Waals surface area contributed by atoms with Crippen LogP contribution in [0.25, 0.3) is 17.3 Å². The van der Waals surface area contributed by atoms with Crippen LogP contribution < -0.4 is 14.8 Å². The molecule has 0 spiro atoms. The van der Waals surface area contributed by atoms with E-state index in [2.05, 4.69) is 20.5 Å². The Bertz CT molecular complexity index is 1530. The Morgan fingerprint density at radius 2 is 1.87 bits per heavy atom. The Hall–Kier alpha value is -4.26. The van der Waals surface area contributed by atoms with E-state index in [1.54, 1.807) is 30.3 Å². The second kappa shape index (κ2) is 11.0. The third-order valence-corrected chi connectivity index (χ3v) is 7.82. The summed E-state index contributed by atoms with van der Waals surface area (Å²) in [5.41, 5.74) is 0.753. The summed E-state index contributed by atoms with van der Waals surface area (Å²) in [7, 11) is -0.910. The maximum atomic E-state index is 13.7. The molecule has 4 aromatic rings. The SMILES string of the molecule is COc1cccc(OC)c1-n1c(CS(=O)(=O)[C@@H](C)Cc2ncc(F)cc2NC(C)=O)nnc1-c1ccco1. The molecular formula is C25H26FN5O6S. The van der Waals surface area contributed by atoms with Crippen LogP contribution in [0, 0.1) is 5.82 Å². The summed E-state index contributed by atoms with van der Waals surface area (Å²) in [6.45, 7) is 2.78. The monoisotopic (exact) mass is 543 g/mol. The number of nitrogens with zero attached hydrogens (tertiary/aromatic N) is 4. The number of ether oxygens (including phenoxy) is 2. The number of para-hydroxylation sites is 1. The number of benzene rings is 1. The zero-order valence-corrected chi connectivity index (χ0v) is 22.0. The average Bonchev–Trinajstić information content (AvgIpc) is 3.54. The van der Waals surface area contributed by atoms with Crippen molar-refractivity contribution in [1.29, 1.82) is 0 Å². The van der Waals surface area contributed by atoms with Crippen LogP contribution in [0.2, 0.25) is 0 Å². The fourth-order valence-corrected chi connectivity index (χ4v) is 5.16. The number of carbonyl (C=O) groups excluding carboxylic acids is 1. The Morgan fingerprint density at radius 3 is 2.47 bits per heavy atom. The molecule has 1 atom stereocenters. The van der Waals surface area contributed by atoms with Crippen molar-refractivity contribution in [2.45, 2.75) is 31.3 Å². The molecular weight excluding hydrogens is 517 g/mol. The first-order valence-electron chi connectivity index (χ1n) is 11.5. The number of halogens is 1. The second-order valence-corrected chi connectivity index (χ2v) is 10.8. The first kappa shape index (κ1) is 26.8. The van der Waals surface area contributed by atoms with Gasteiger partial charge in [0.25, 0.3) is 0 Å². The van der Waals surface area contributed by atoms with E-state index in [0.717, 1.165) is 12.3 Å². The fourth-order valence-electron chi connectivity index (χ4n) is 3.91. The van der Waals surface area contributed by atoms with Crippen molar-refractivity contribution in [3.8, 4) is 28.8 Å². The Kier molecular flexibility index (Phi) is 7.76. The van der Waals surface area contributed by atoms with E-state index < -0.39 is 32.6 Å². The highest BCUT2D eigenvalue weighted by atomic mass is 32.2. The number of rotatable bonds is 10. The normalized spacial score (nSPS) is 12.2. The van der Waals surface area contributed by atoms with E-state index in [1.165, 1.54) is 38.9 Å². The molecule has 0 radical (unpaired) electrons. The molecule has 38 heavy (non-hydrogen) atoms. The zero-order chi connectivity index (χ0) is 27.4. The topological polar surface area (TPSA) is 138 Å². The molecule has 1 amide bonds. The number of furan rings is 1. The van der Waals surface area contributed by atoms with Gasteiger partial charge in [-0.3, -0.25) is 14.3 Å². The number of hydrogen-bond acceptors (Lipinski definition) is 9. The number of methoxy groups -OCH3 is 2. The fraction of sp³-hybridized carbons (Fsp3) is 0.280. The number of sulfone groups is 1. The van der Waals surface area contributed by atoms with Crippen molar-refractivity contribution in [1.82, 2.24) is 19.7 Å². The van der Waals surface area contributed by atoms with Crippen LogP contribution in [0.1, 0.15) is 25.4 Å². The molecule has 3 heterocycles. The van der Waals surface area contributed by atoms with Crippen LogP contribution in [0.5, 0.6) is 11.5 Å². The molecule has 13 heteroatoms. The molecule has 0 saturated carbocycles. The van der Waals surface area contributed by atoms with Crippen molar-refractivity contribution >= 4 is 21.4 Å². The van der Waals surface area contributed by atoms with Gasteiger partial charge in [-0.1, -0.05) is 6.07 Å². The molecule has 3 aromatic heterocycles. The van der Waals surface area contributed by atoms with E-state index in [9.17, 15) is 17.6 Å². The third-order valence-electron chi connectivity index (χ3n) is 5.77. The lowest BCUT2D eigenvalue weighted by atomic mass is 10.2. The molecule has 1 N–H and O–H groups in total. The van der Waals surface area contributed by atoms with E-state index in [4.69, 9.17) is 13.9 Å². The second-order valence-electron chi connectivity index (χ2n) is 8.41. The number of anilines is 1. The van der Waals surface area contributed by atoms with Gasteiger partial charge in [-0.05, 0) is 31.2 Å². The van der Waals surface area contributed by atoms with Crippen LogP contribution in [-0.4, -0.2) is 53.5 Å². The van der Waals surface area contributed by atoms with Gasteiger partial charge < -0.3 is 19.2 Å². The zero-order valence-electron chi connectivity index (χ0n) is 21.1. The third kappa shape index (κ3) is 5.52. The van der Waals surface area contributed by atoms with Gasteiger partial charge in [0.05, 0.1) is 43.3 Å². The lowest BCUT2D eigenvalue weighted by Gasteiger charge is -2.18. The molecule has 1 aromatic carbocycles. The minimum Gasteiger partial charge on any atom is -0.494 e. The lowest BCUT2D eigenvalue weighted by Crippen LogP contribution is -2.25. The Labute approximate surface area is 218 Å². The van der Waals surface area contributed by atoms with E-state index in [1.807, 2.05) is 0 Å². The van der Waals surface area contributed by atoms with Gasteiger partial charge in [-0.2, -0.15) is 0 Å². The number of amides is 1. The number of pyridine rings is 1. The molecule has 200 valence electrons.